The number of benzene rings is 2. The molecule has 1 amide bonds. The quantitative estimate of drug-likeness (QED) is 0.728. The van der Waals surface area contributed by atoms with Crippen molar-refractivity contribution in [3.05, 3.63) is 59.1 Å². The van der Waals surface area contributed by atoms with Crippen LogP contribution in [0.25, 0.3) is 0 Å². The summed E-state index contributed by atoms with van der Waals surface area (Å²) >= 11 is 6.01. The van der Waals surface area contributed by atoms with Crippen LogP contribution in [-0.4, -0.2) is 45.8 Å². The summed E-state index contributed by atoms with van der Waals surface area (Å²) in [6, 6.07) is 13.5. The van der Waals surface area contributed by atoms with E-state index in [4.69, 9.17) is 11.6 Å². The van der Waals surface area contributed by atoms with Gasteiger partial charge in [-0.2, -0.15) is 0 Å². The molecule has 0 aliphatic rings. The summed E-state index contributed by atoms with van der Waals surface area (Å²) in [6.45, 7) is 2.47. The molecule has 2 N–H and O–H groups in total. The van der Waals surface area contributed by atoms with Crippen molar-refractivity contribution in [2.45, 2.75) is 24.4 Å². The maximum Gasteiger partial charge on any atom is 0.282 e. The maximum atomic E-state index is 12.6. The van der Waals surface area contributed by atoms with Crippen molar-refractivity contribution in [2.75, 3.05) is 26.5 Å². The molecule has 0 aromatic heterocycles. The molecule has 8 heteroatoms. The van der Waals surface area contributed by atoms with E-state index in [1.165, 1.54) is 26.2 Å². The van der Waals surface area contributed by atoms with Gasteiger partial charge in [-0.05, 0) is 37.3 Å². The second-order valence-corrected chi connectivity index (χ2v) is 9.27. The van der Waals surface area contributed by atoms with Gasteiger partial charge in [-0.1, -0.05) is 29.8 Å². The fraction of sp³-hybridized carbons (Fsp3) is 0.316. The van der Waals surface area contributed by atoms with E-state index in [2.05, 4.69) is 5.32 Å². The van der Waals surface area contributed by atoms with Crippen molar-refractivity contribution in [1.29, 1.82) is 0 Å². The third-order valence-corrected chi connectivity index (χ3v) is 6.43. The smallest absolute Gasteiger partial charge is 0.282 e. The van der Waals surface area contributed by atoms with Crippen LogP contribution in [-0.2, 0) is 21.4 Å². The molecule has 0 heterocycles. The lowest BCUT2D eigenvalue weighted by molar-refractivity contribution is -0.907. The maximum absolute atomic E-state index is 12.6. The van der Waals surface area contributed by atoms with Crippen molar-refractivity contribution in [3.8, 4) is 0 Å². The predicted octanol–water partition coefficient (Wildman–Crippen LogP) is 1.63. The van der Waals surface area contributed by atoms with Gasteiger partial charge >= 0.3 is 0 Å². The highest BCUT2D eigenvalue weighted by atomic mass is 35.5. The van der Waals surface area contributed by atoms with E-state index in [1.807, 2.05) is 38.2 Å². The lowest BCUT2D eigenvalue weighted by Crippen LogP contribution is -3.12. The Morgan fingerprint density at radius 2 is 1.85 bits per heavy atom. The number of anilines is 1. The average molecular weight is 411 g/mol. The average Bonchev–Trinajstić information content (AvgIpc) is 2.61. The molecule has 2 rings (SSSR count). The van der Waals surface area contributed by atoms with Crippen molar-refractivity contribution in [2.24, 2.45) is 0 Å². The number of hydrogen-bond donors (Lipinski definition) is 2. The Labute approximate surface area is 165 Å². The molecule has 2 atom stereocenters. The van der Waals surface area contributed by atoms with Gasteiger partial charge in [-0.15, -0.1) is 0 Å². The van der Waals surface area contributed by atoms with Gasteiger partial charge in [0.25, 0.3) is 5.91 Å². The number of rotatable bonds is 7. The normalized spacial score (nSPS) is 14.0. The minimum absolute atomic E-state index is 0.137. The van der Waals surface area contributed by atoms with Gasteiger partial charge in [-0.3, -0.25) is 4.79 Å². The molecule has 0 aliphatic carbocycles. The summed E-state index contributed by atoms with van der Waals surface area (Å²) in [5.74, 6) is -0.186. The molecular weight excluding hydrogens is 386 g/mol. The van der Waals surface area contributed by atoms with E-state index < -0.39 is 10.0 Å². The van der Waals surface area contributed by atoms with Crippen molar-refractivity contribution >= 4 is 33.2 Å². The van der Waals surface area contributed by atoms with E-state index in [0.29, 0.717) is 17.3 Å². The van der Waals surface area contributed by atoms with Crippen LogP contribution in [0.2, 0.25) is 5.02 Å². The zero-order chi connectivity index (χ0) is 20.2. The minimum atomic E-state index is -3.55. The van der Waals surface area contributed by atoms with Crippen LogP contribution in [0.4, 0.5) is 5.69 Å². The Hall–Kier alpha value is -1.93. The molecule has 0 spiro atoms. The molecule has 2 aromatic rings. The van der Waals surface area contributed by atoms with Crippen LogP contribution in [0.3, 0.4) is 0 Å². The molecule has 0 bridgehead atoms. The molecule has 146 valence electrons. The number of carbonyl (C=O) groups excluding carboxylic acids is 1. The highest BCUT2D eigenvalue weighted by Crippen LogP contribution is 2.18. The van der Waals surface area contributed by atoms with Crippen LogP contribution in [0.15, 0.2) is 53.4 Å². The summed E-state index contributed by atoms with van der Waals surface area (Å²) in [6.07, 6.45) is 0. The van der Waals surface area contributed by atoms with Gasteiger partial charge < -0.3 is 10.2 Å². The van der Waals surface area contributed by atoms with E-state index >= 15 is 0 Å². The highest BCUT2D eigenvalue weighted by molar-refractivity contribution is 7.89. The first kappa shape index (κ1) is 21.4. The Balaban J connectivity index is 2.08. The summed E-state index contributed by atoms with van der Waals surface area (Å²) in [5.41, 5.74) is 1.49. The molecule has 2 aromatic carbocycles. The monoisotopic (exact) mass is 410 g/mol. The summed E-state index contributed by atoms with van der Waals surface area (Å²) < 4.78 is 25.6. The Kier molecular flexibility index (Phi) is 7.00. The molecule has 0 radical (unpaired) electrons. The van der Waals surface area contributed by atoms with Gasteiger partial charge in [0.1, 0.15) is 6.54 Å². The predicted molar refractivity (Wildman–Crippen MR) is 107 cm³/mol. The first-order valence-corrected chi connectivity index (χ1v) is 10.3. The molecule has 0 saturated heterocycles. The largest absolute Gasteiger partial charge is 0.324 e. The Morgan fingerprint density at radius 3 is 2.48 bits per heavy atom. The standard InChI is InChI=1S/C19H24ClN3O3S/c1-14(23(4)13-15-7-5-8-16(20)11-15)19(24)21-17-9-6-10-18(12-17)27(25,26)22(2)3/h5-12,14H,13H2,1-4H3,(H,21,24)/p+1/t14-/m0/s1. The molecule has 0 saturated carbocycles. The third kappa shape index (κ3) is 5.52. The zero-order valence-electron chi connectivity index (χ0n) is 15.9. The Morgan fingerprint density at radius 1 is 1.19 bits per heavy atom. The molecule has 0 fully saturated rings. The molecule has 0 aliphatic heterocycles. The second kappa shape index (κ2) is 8.84. The Bertz CT molecular complexity index is 916. The zero-order valence-corrected chi connectivity index (χ0v) is 17.4. The van der Waals surface area contributed by atoms with E-state index in [1.54, 1.807) is 12.1 Å². The van der Waals surface area contributed by atoms with E-state index in [-0.39, 0.29) is 16.8 Å². The number of nitrogens with zero attached hydrogens (tertiary/aromatic N) is 1. The van der Waals surface area contributed by atoms with Crippen LogP contribution >= 0.6 is 11.6 Å². The van der Waals surface area contributed by atoms with E-state index in [9.17, 15) is 13.2 Å². The number of amides is 1. The summed E-state index contributed by atoms with van der Waals surface area (Å²) in [4.78, 5) is 13.7. The molecule has 27 heavy (non-hydrogen) atoms. The lowest BCUT2D eigenvalue weighted by Gasteiger charge is -2.21. The number of quaternary nitrogens is 1. The van der Waals surface area contributed by atoms with Crippen molar-refractivity contribution in [1.82, 2.24) is 4.31 Å². The summed E-state index contributed by atoms with van der Waals surface area (Å²) in [7, 11) is 1.31. The molecule has 6 nitrogen and oxygen atoms in total. The first-order valence-electron chi connectivity index (χ1n) is 8.51. The number of nitrogens with one attached hydrogen (secondary N) is 2. The van der Waals surface area contributed by atoms with E-state index in [0.717, 1.165) is 14.8 Å². The number of sulfonamides is 1. The lowest BCUT2D eigenvalue weighted by atomic mass is 10.2. The molecule has 1 unspecified atom stereocenters. The van der Waals surface area contributed by atoms with Gasteiger partial charge in [0.05, 0.1) is 11.9 Å². The van der Waals surface area contributed by atoms with Crippen molar-refractivity contribution in [3.63, 3.8) is 0 Å². The van der Waals surface area contributed by atoms with Gasteiger partial charge in [0.2, 0.25) is 10.0 Å². The van der Waals surface area contributed by atoms with Crippen molar-refractivity contribution < 1.29 is 18.1 Å². The number of hydrogen-bond acceptors (Lipinski definition) is 3. The number of halogens is 1. The van der Waals surface area contributed by atoms with Gasteiger partial charge in [0, 0.05) is 30.4 Å². The van der Waals surface area contributed by atoms with Crippen LogP contribution < -0.4 is 10.2 Å². The SMILES string of the molecule is C[C@@H](C(=O)Nc1cccc(S(=O)(=O)N(C)C)c1)[NH+](C)Cc1cccc(Cl)c1. The second-order valence-electron chi connectivity index (χ2n) is 6.68. The van der Waals surface area contributed by atoms with Crippen LogP contribution in [0.1, 0.15) is 12.5 Å². The summed E-state index contributed by atoms with van der Waals surface area (Å²) in [5, 5.41) is 3.47. The van der Waals surface area contributed by atoms with Crippen LogP contribution in [0.5, 0.6) is 0 Å². The third-order valence-electron chi connectivity index (χ3n) is 4.38. The van der Waals surface area contributed by atoms with Gasteiger partial charge in [-0.25, -0.2) is 12.7 Å². The van der Waals surface area contributed by atoms with Crippen LogP contribution in [0, 0.1) is 0 Å². The topological polar surface area (TPSA) is 70.9 Å². The highest BCUT2D eigenvalue weighted by Gasteiger charge is 2.23. The fourth-order valence-electron chi connectivity index (χ4n) is 2.54. The number of likely N-dealkylation sites (N-methyl/N-ethyl adjacent to an activating group) is 1. The van der Waals surface area contributed by atoms with Gasteiger partial charge in [0.15, 0.2) is 6.04 Å². The number of carbonyl (C=O) groups is 1. The first-order chi connectivity index (χ1) is 12.6. The minimum Gasteiger partial charge on any atom is -0.324 e. The molecular formula is C19H25ClN3O3S+. The fourth-order valence-corrected chi connectivity index (χ4v) is 3.70.